The third kappa shape index (κ3) is 3.51. The number of nitrogens with zero attached hydrogens (tertiary/aromatic N) is 1. The van der Waals surface area contributed by atoms with Crippen LogP contribution in [0, 0.1) is 18.3 Å². The highest BCUT2D eigenvalue weighted by molar-refractivity contribution is 5.42. The number of rotatable bonds is 5. The van der Waals surface area contributed by atoms with Gasteiger partial charge in [0.25, 0.3) is 0 Å². The summed E-state index contributed by atoms with van der Waals surface area (Å²) >= 11 is 0. The van der Waals surface area contributed by atoms with E-state index in [4.69, 9.17) is 10.00 Å². The van der Waals surface area contributed by atoms with E-state index in [1.54, 1.807) is 12.1 Å². The van der Waals surface area contributed by atoms with Crippen LogP contribution in [0.15, 0.2) is 18.2 Å². The fourth-order valence-electron chi connectivity index (χ4n) is 1.25. The molecule has 0 spiro atoms. The molecule has 0 radical (unpaired) electrons. The lowest BCUT2D eigenvalue weighted by atomic mass is 10.2. The SMILES string of the molecule is Cc1c(O)cccc1OCCCCC#N. The lowest BCUT2D eigenvalue weighted by Gasteiger charge is -2.09. The molecular formula is C12H15NO2. The topological polar surface area (TPSA) is 53.2 Å². The van der Waals surface area contributed by atoms with Crippen molar-refractivity contribution in [3.63, 3.8) is 0 Å². The van der Waals surface area contributed by atoms with Crippen LogP contribution in [-0.2, 0) is 0 Å². The van der Waals surface area contributed by atoms with Gasteiger partial charge in [-0.1, -0.05) is 6.07 Å². The molecule has 0 aliphatic carbocycles. The molecule has 0 aromatic heterocycles. The summed E-state index contributed by atoms with van der Waals surface area (Å²) in [5.74, 6) is 0.969. The van der Waals surface area contributed by atoms with E-state index in [1.807, 2.05) is 13.0 Å². The van der Waals surface area contributed by atoms with E-state index in [-0.39, 0.29) is 5.75 Å². The van der Waals surface area contributed by atoms with Crippen LogP contribution < -0.4 is 4.74 Å². The molecule has 0 aliphatic heterocycles. The molecule has 0 atom stereocenters. The smallest absolute Gasteiger partial charge is 0.125 e. The predicted octanol–water partition coefficient (Wildman–Crippen LogP) is 2.77. The van der Waals surface area contributed by atoms with Crippen molar-refractivity contribution in [1.82, 2.24) is 0 Å². The molecular weight excluding hydrogens is 190 g/mol. The van der Waals surface area contributed by atoms with Crippen molar-refractivity contribution < 1.29 is 9.84 Å². The van der Waals surface area contributed by atoms with Crippen LogP contribution in [0.5, 0.6) is 11.5 Å². The summed E-state index contributed by atoms with van der Waals surface area (Å²) in [5, 5.41) is 17.8. The van der Waals surface area contributed by atoms with Crippen LogP contribution >= 0.6 is 0 Å². The molecule has 0 unspecified atom stereocenters. The highest BCUT2D eigenvalue weighted by atomic mass is 16.5. The summed E-state index contributed by atoms with van der Waals surface area (Å²) in [6, 6.07) is 7.32. The van der Waals surface area contributed by atoms with E-state index in [0.717, 1.165) is 18.4 Å². The van der Waals surface area contributed by atoms with Gasteiger partial charge in [0.05, 0.1) is 12.7 Å². The first-order valence-electron chi connectivity index (χ1n) is 5.04. The number of benzene rings is 1. The number of nitriles is 1. The first-order chi connectivity index (χ1) is 7.25. The quantitative estimate of drug-likeness (QED) is 0.752. The highest BCUT2D eigenvalue weighted by Gasteiger charge is 2.02. The van der Waals surface area contributed by atoms with E-state index in [1.165, 1.54) is 0 Å². The molecule has 80 valence electrons. The number of phenols is 1. The molecule has 0 amide bonds. The Kier molecular flexibility index (Phi) is 4.49. The molecule has 0 heterocycles. The maximum absolute atomic E-state index is 9.42. The Morgan fingerprint density at radius 3 is 2.93 bits per heavy atom. The normalized spacial score (nSPS) is 9.60. The van der Waals surface area contributed by atoms with Crippen molar-refractivity contribution in [2.24, 2.45) is 0 Å². The Balaban J connectivity index is 2.38. The van der Waals surface area contributed by atoms with Gasteiger partial charge in [-0.15, -0.1) is 0 Å². The second-order valence-electron chi connectivity index (χ2n) is 3.36. The maximum atomic E-state index is 9.42. The Labute approximate surface area is 89.9 Å². The van der Waals surface area contributed by atoms with E-state index < -0.39 is 0 Å². The van der Waals surface area contributed by atoms with Crippen LogP contribution in [0.4, 0.5) is 0 Å². The maximum Gasteiger partial charge on any atom is 0.125 e. The van der Waals surface area contributed by atoms with Crippen LogP contribution in [-0.4, -0.2) is 11.7 Å². The van der Waals surface area contributed by atoms with Crippen LogP contribution in [0.3, 0.4) is 0 Å². The average Bonchev–Trinajstić information content (AvgIpc) is 2.24. The fourth-order valence-corrected chi connectivity index (χ4v) is 1.25. The largest absolute Gasteiger partial charge is 0.508 e. The van der Waals surface area contributed by atoms with Crippen molar-refractivity contribution >= 4 is 0 Å². The molecule has 0 bridgehead atoms. The summed E-state index contributed by atoms with van der Waals surface area (Å²) in [6.07, 6.45) is 2.29. The molecule has 1 aromatic carbocycles. The predicted molar refractivity (Wildman–Crippen MR) is 57.8 cm³/mol. The minimum Gasteiger partial charge on any atom is -0.508 e. The van der Waals surface area contributed by atoms with Gasteiger partial charge in [0.1, 0.15) is 11.5 Å². The first kappa shape index (κ1) is 11.4. The fraction of sp³-hybridized carbons (Fsp3) is 0.417. The third-order valence-electron chi connectivity index (χ3n) is 2.20. The third-order valence-corrected chi connectivity index (χ3v) is 2.20. The zero-order valence-electron chi connectivity index (χ0n) is 8.86. The van der Waals surface area contributed by atoms with Gasteiger partial charge in [0.15, 0.2) is 0 Å². The summed E-state index contributed by atoms with van der Waals surface area (Å²) < 4.78 is 5.49. The highest BCUT2D eigenvalue weighted by Crippen LogP contribution is 2.25. The second kappa shape index (κ2) is 5.92. The van der Waals surface area contributed by atoms with Gasteiger partial charge in [0, 0.05) is 12.0 Å². The summed E-state index contributed by atoms with van der Waals surface area (Å²) in [7, 11) is 0. The van der Waals surface area contributed by atoms with E-state index in [0.29, 0.717) is 18.8 Å². The first-order valence-corrected chi connectivity index (χ1v) is 5.04. The summed E-state index contributed by atoms with van der Waals surface area (Å²) in [4.78, 5) is 0. The van der Waals surface area contributed by atoms with Gasteiger partial charge in [0.2, 0.25) is 0 Å². The number of unbranched alkanes of at least 4 members (excludes halogenated alkanes) is 2. The van der Waals surface area contributed by atoms with Crippen LogP contribution in [0.25, 0.3) is 0 Å². The van der Waals surface area contributed by atoms with Crippen molar-refractivity contribution in [1.29, 1.82) is 5.26 Å². The van der Waals surface area contributed by atoms with E-state index >= 15 is 0 Å². The monoisotopic (exact) mass is 205 g/mol. The number of hydrogen-bond acceptors (Lipinski definition) is 3. The number of ether oxygens (including phenoxy) is 1. The van der Waals surface area contributed by atoms with Gasteiger partial charge >= 0.3 is 0 Å². The van der Waals surface area contributed by atoms with Crippen LogP contribution in [0.2, 0.25) is 0 Å². The number of hydrogen-bond donors (Lipinski definition) is 1. The average molecular weight is 205 g/mol. The van der Waals surface area contributed by atoms with Crippen molar-refractivity contribution in [3.8, 4) is 17.6 Å². The van der Waals surface area contributed by atoms with Gasteiger partial charge in [-0.3, -0.25) is 0 Å². The van der Waals surface area contributed by atoms with E-state index in [2.05, 4.69) is 6.07 Å². The Morgan fingerprint density at radius 1 is 1.40 bits per heavy atom. The minimum absolute atomic E-state index is 0.254. The van der Waals surface area contributed by atoms with Crippen LogP contribution in [0.1, 0.15) is 24.8 Å². The molecule has 1 rings (SSSR count). The zero-order chi connectivity index (χ0) is 11.1. The number of phenolic OH excluding ortho intramolecular Hbond substituents is 1. The molecule has 1 aromatic rings. The molecule has 0 fully saturated rings. The minimum atomic E-state index is 0.254. The molecule has 0 aliphatic rings. The second-order valence-corrected chi connectivity index (χ2v) is 3.36. The Hall–Kier alpha value is -1.69. The van der Waals surface area contributed by atoms with Gasteiger partial charge in [-0.05, 0) is 31.9 Å². The summed E-state index contributed by atoms with van der Waals surface area (Å²) in [5.41, 5.74) is 0.762. The molecule has 1 N–H and O–H groups in total. The standard InChI is InChI=1S/C12H15NO2/c1-10-11(14)6-5-7-12(10)15-9-4-2-3-8-13/h5-7,14H,2-4,9H2,1H3. The van der Waals surface area contributed by atoms with Gasteiger partial charge in [-0.2, -0.15) is 5.26 Å². The van der Waals surface area contributed by atoms with Crippen molar-refractivity contribution in [2.45, 2.75) is 26.2 Å². The summed E-state index contributed by atoms with van der Waals surface area (Å²) in [6.45, 7) is 2.41. The van der Waals surface area contributed by atoms with Gasteiger partial charge < -0.3 is 9.84 Å². The zero-order valence-corrected chi connectivity index (χ0v) is 8.86. The molecule has 15 heavy (non-hydrogen) atoms. The molecule has 0 saturated carbocycles. The molecule has 3 heteroatoms. The van der Waals surface area contributed by atoms with E-state index in [9.17, 15) is 5.11 Å². The number of aromatic hydroxyl groups is 1. The van der Waals surface area contributed by atoms with Crippen molar-refractivity contribution in [3.05, 3.63) is 23.8 Å². The Bertz CT molecular complexity index is 355. The molecule has 3 nitrogen and oxygen atoms in total. The Morgan fingerprint density at radius 2 is 2.20 bits per heavy atom. The van der Waals surface area contributed by atoms with Crippen molar-refractivity contribution in [2.75, 3.05) is 6.61 Å². The van der Waals surface area contributed by atoms with Gasteiger partial charge in [-0.25, -0.2) is 0 Å². The lowest BCUT2D eigenvalue weighted by molar-refractivity contribution is 0.303. The molecule has 0 saturated heterocycles. The lowest BCUT2D eigenvalue weighted by Crippen LogP contribution is -1.98.